The Hall–Kier alpha value is -1.60. The first-order valence-corrected chi connectivity index (χ1v) is 9.34. The van der Waals surface area contributed by atoms with Crippen molar-refractivity contribution >= 4 is 21.6 Å². The van der Waals surface area contributed by atoms with Crippen molar-refractivity contribution in [3.63, 3.8) is 0 Å². The molecule has 1 aromatic carbocycles. The van der Waals surface area contributed by atoms with Crippen molar-refractivity contribution in [1.82, 2.24) is 5.32 Å². The van der Waals surface area contributed by atoms with Gasteiger partial charge in [-0.2, -0.15) is 0 Å². The summed E-state index contributed by atoms with van der Waals surface area (Å²) in [5, 5.41) is 11.9. The van der Waals surface area contributed by atoms with E-state index in [1.54, 1.807) is 38.1 Å². The average molecular weight is 342 g/mol. The van der Waals surface area contributed by atoms with Crippen molar-refractivity contribution in [1.29, 1.82) is 0 Å². The zero-order valence-electron chi connectivity index (χ0n) is 13.9. The second-order valence-corrected chi connectivity index (χ2v) is 8.08. The minimum atomic E-state index is -3.32. The Bertz CT molecular complexity index is 609. The molecule has 130 valence electrons. The van der Waals surface area contributed by atoms with Crippen LogP contribution in [-0.4, -0.2) is 37.3 Å². The Morgan fingerprint density at radius 3 is 2.35 bits per heavy atom. The third kappa shape index (κ3) is 7.47. The summed E-state index contributed by atoms with van der Waals surface area (Å²) < 4.78 is 26.1. The number of anilines is 1. The van der Waals surface area contributed by atoms with Crippen molar-refractivity contribution in [3.8, 4) is 0 Å². The SMILES string of the molecule is CCCCS(=O)(=O)Nc1ccc(CC(=O)NC(C)(C)CO)cc1. The minimum absolute atomic E-state index is 0.101. The van der Waals surface area contributed by atoms with Crippen LogP contribution in [0.4, 0.5) is 5.69 Å². The predicted octanol–water partition coefficient (Wildman–Crippen LogP) is 1.66. The van der Waals surface area contributed by atoms with E-state index in [2.05, 4.69) is 10.0 Å². The lowest BCUT2D eigenvalue weighted by Gasteiger charge is -2.23. The molecule has 1 amide bonds. The van der Waals surface area contributed by atoms with Crippen LogP contribution in [0.5, 0.6) is 0 Å². The van der Waals surface area contributed by atoms with Gasteiger partial charge in [0.2, 0.25) is 15.9 Å². The van der Waals surface area contributed by atoms with Gasteiger partial charge in [0.1, 0.15) is 0 Å². The van der Waals surface area contributed by atoms with E-state index in [1.165, 1.54) is 0 Å². The zero-order chi connectivity index (χ0) is 17.5. The topological polar surface area (TPSA) is 95.5 Å². The largest absolute Gasteiger partial charge is 0.394 e. The highest BCUT2D eigenvalue weighted by Crippen LogP contribution is 2.13. The molecule has 0 bridgehead atoms. The van der Waals surface area contributed by atoms with E-state index < -0.39 is 15.6 Å². The van der Waals surface area contributed by atoms with Gasteiger partial charge in [-0.25, -0.2) is 8.42 Å². The second-order valence-electron chi connectivity index (χ2n) is 6.24. The molecule has 1 rings (SSSR count). The minimum Gasteiger partial charge on any atom is -0.394 e. The van der Waals surface area contributed by atoms with E-state index in [1.807, 2.05) is 6.92 Å². The van der Waals surface area contributed by atoms with Crippen LogP contribution in [0.1, 0.15) is 39.2 Å². The van der Waals surface area contributed by atoms with Crippen LogP contribution < -0.4 is 10.0 Å². The Labute approximate surface area is 138 Å². The molecule has 23 heavy (non-hydrogen) atoms. The fourth-order valence-corrected chi connectivity index (χ4v) is 3.17. The van der Waals surface area contributed by atoms with Crippen LogP contribution in [0.2, 0.25) is 0 Å². The van der Waals surface area contributed by atoms with Gasteiger partial charge in [0.15, 0.2) is 0 Å². The Morgan fingerprint density at radius 1 is 1.22 bits per heavy atom. The Kier molecular flexibility index (Phi) is 7.02. The van der Waals surface area contributed by atoms with Gasteiger partial charge in [0, 0.05) is 5.69 Å². The van der Waals surface area contributed by atoms with Gasteiger partial charge in [-0.05, 0) is 38.0 Å². The maximum Gasteiger partial charge on any atom is 0.232 e. The van der Waals surface area contributed by atoms with Crippen molar-refractivity contribution in [2.45, 2.75) is 45.6 Å². The van der Waals surface area contributed by atoms with Crippen molar-refractivity contribution in [2.24, 2.45) is 0 Å². The first kappa shape index (κ1) is 19.4. The number of nitrogens with one attached hydrogen (secondary N) is 2. The lowest BCUT2D eigenvalue weighted by Crippen LogP contribution is -2.46. The summed E-state index contributed by atoms with van der Waals surface area (Å²) in [5.41, 5.74) is 0.597. The summed E-state index contributed by atoms with van der Waals surface area (Å²) in [5.74, 6) is -0.0931. The molecule has 0 aliphatic heterocycles. The van der Waals surface area contributed by atoms with E-state index in [-0.39, 0.29) is 24.7 Å². The van der Waals surface area contributed by atoms with E-state index in [9.17, 15) is 13.2 Å². The number of aliphatic hydroxyl groups is 1. The normalized spacial score (nSPS) is 12.0. The fourth-order valence-electron chi connectivity index (χ4n) is 1.90. The molecule has 0 radical (unpaired) electrons. The number of aliphatic hydroxyl groups excluding tert-OH is 1. The maximum atomic E-state index is 11.9. The van der Waals surface area contributed by atoms with Gasteiger partial charge in [0.05, 0.1) is 24.3 Å². The van der Waals surface area contributed by atoms with Crippen LogP contribution in [0, 0.1) is 0 Å². The number of sulfonamides is 1. The summed E-state index contributed by atoms with van der Waals surface area (Å²) >= 11 is 0. The quantitative estimate of drug-likeness (QED) is 0.636. The zero-order valence-corrected chi connectivity index (χ0v) is 14.7. The van der Waals surface area contributed by atoms with E-state index >= 15 is 0 Å². The molecule has 0 aliphatic carbocycles. The molecule has 3 N–H and O–H groups in total. The standard InChI is InChI=1S/C16H26N2O4S/c1-4-5-10-23(21,22)18-14-8-6-13(7-9-14)11-15(20)17-16(2,3)12-19/h6-9,18-19H,4-5,10-12H2,1-3H3,(H,17,20). The summed E-state index contributed by atoms with van der Waals surface area (Å²) in [7, 11) is -3.32. The van der Waals surface area contributed by atoms with Gasteiger partial charge in [0.25, 0.3) is 0 Å². The number of hydrogen-bond donors (Lipinski definition) is 3. The maximum absolute atomic E-state index is 11.9. The number of rotatable bonds is 9. The number of amides is 1. The monoisotopic (exact) mass is 342 g/mol. The van der Waals surface area contributed by atoms with Crippen LogP contribution in [0.15, 0.2) is 24.3 Å². The molecule has 0 saturated carbocycles. The van der Waals surface area contributed by atoms with E-state index in [4.69, 9.17) is 5.11 Å². The van der Waals surface area contributed by atoms with Crippen LogP contribution in [0.3, 0.4) is 0 Å². The van der Waals surface area contributed by atoms with Gasteiger partial charge < -0.3 is 10.4 Å². The number of unbranched alkanes of at least 4 members (excludes halogenated alkanes) is 1. The summed E-state index contributed by atoms with van der Waals surface area (Å²) in [6.07, 6.45) is 1.61. The van der Waals surface area contributed by atoms with Crippen molar-refractivity contribution < 1.29 is 18.3 Å². The number of benzene rings is 1. The molecular weight excluding hydrogens is 316 g/mol. The smallest absolute Gasteiger partial charge is 0.232 e. The van der Waals surface area contributed by atoms with Crippen LogP contribution >= 0.6 is 0 Å². The van der Waals surface area contributed by atoms with Gasteiger partial charge in [-0.15, -0.1) is 0 Å². The predicted molar refractivity (Wildman–Crippen MR) is 91.8 cm³/mol. The Morgan fingerprint density at radius 2 is 1.83 bits per heavy atom. The van der Waals surface area contributed by atoms with Crippen molar-refractivity contribution in [3.05, 3.63) is 29.8 Å². The summed E-state index contributed by atoms with van der Waals surface area (Å²) in [6, 6.07) is 6.71. The summed E-state index contributed by atoms with van der Waals surface area (Å²) in [4.78, 5) is 11.9. The average Bonchev–Trinajstić information content (AvgIpc) is 2.46. The molecule has 0 aromatic heterocycles. The lowest BCUT2D eigenvalue weighted by molar-refractivity contribution is -0.122. The highest BCUT2D eigenvalue weighted by molar-refractivity contribution is 7.92. The fraction of sp³-hybridized carbons (Fsp3) is 0.562. The summed E-state index contributed by atoms with van der Waals surface area (Å²) in [6.45, 7) is 5.27. The molecule has 0 fully saturated rings. The Balaban J connectivity index is 2.62. The molecule has 0 aliphatic rings. The third-order valence-corrected chi connectivity index (χ3v) is 4.60. The first-order chi connectivity index (χ1) is 10.7. The highest BCUT2D eigenvalue weighted by atomic mass is 32.2. The molecule has 0 heterocycles. The van der Waals surface area contributed by atoms with Crippen molar-refractivity contribution in [2.75, 3.05) is 17.1 Å². The van der Waals surface area contributed by atoms with Gasteiger partial charge in [-0.1, -0.05) is 25.5 Å². The second kappa shape index (κ2) is 8.31. The number of carbonyl (C=O) groups excluding carboxylic acids is 1. The third-order valence-electron chi connectivity index (χ3n) is 3.23. The van der Waals surface area contributed by atoms with E-state index in [0.29, 0.717) is 12.1 Å². The molecular formula is C16H26N2O4S. The number of carbonyl (C=O) groups is 1. The first-order valence-electron chi connectivity index (χ1n) is 7.69. The molecule has 7 heteroatoms. The molecule has 6 nitrogen and oxygen atoms in total. The highest BCUT2D eigenvalue weighted by Gasteiger charge is 2.19. The molecule has 0 atom stereocenters. The van der Waals surface area contributed by atoms with Gasteiger partial charge in [-0.3, -0.25) is 9.52 Å². The lowest BCUT2D eigenvalue weighted by atomic mass is 10.1. The van der Waals surface area contributed by atoms with E-state index in [0.717, 1.165) is 12.0 Å². The molecule has 0 spiro atoms. The van der Waals surface area contributed by atoms with Crippen LogP contribution in [0.25, 0.3) is 0 Å². The van der Waals surface area contributed by atoms with Crippen LogP contribution in [-0.2, 0) is 21.2 Å². The molecule has 1 aromatic rings. The molecule has 0 saturated heterocycles. The molecule has 0 unspecified atom stereocenters. The number of hydrogen-bond acceptors (Lipinski definition) is 4. The van der Waals surface area contributed by atoms with Gasteiger partial charge >= 0.3 is 0 Å².